The van der Waals surface area contributed by atoms with Crippen molar-refractivity contribution >= 4 is 31.9 Å². The monoisotopic (exact) mass is 473 g/mol. The van der Waals surface area contributed by atoms with Gasteiger partial charge >= 0.3 is 6.18 Å². The highest BCUT2D eigenvalue weighted by Crippen LogP contribution is 2.35. The van der Waals surface area contributed by atoms with Crippen molar-refractivity contribution in [2.24, 2.45) is 7.05 Å². The van der Waals surface area contributed by atoms with Crippen molar-refractivity contribution in [1.29, 1.82) is 0 Å². The van der Waals surface area contributed by atoms with E-state index in [4.69, 9.17) is 0 Å². The molecule has 0 aliphatic heterocycles. The molecule has 4 aromatic rings. The van der Waals surface area contributed by atoms with Gasteiger partial charge in [-0.05, 0) is 24.3 Å². The van der Waals surface area contributed by atoms with Gasteiger partial charge in [0.2, 0.25) is 5.95 Å². The van der Waals surface area contributed by atoms with Gasteiger partial charge in [0, 0.05) is 31.1 Å². The first-order valence-electron chi connectivity index (χ1n) is 9.28. The molecule has 1 aromatic carbocycles. The van der Waals surface area contributed by atoms with E-state index in [0.717, 1.165) is 35.1 Å². The van der Waals surface area contributed by atoms with Gasteiger partial charge in [0.1, 0.15) is 5.52 Å². The van der Waals surface area contributed by atoms with E-state index >= 15 is 0 Å². The van der Waals surface area contributed by atoms with Crippen LogP contribution in [0.1, 0.15) is 25.0 Å². The summed E-state index contributed by atoms with van der Waals surface area (Å²) in [4.78, 5) is 8.25. The lowest BCUT2D eigenvalue weighted by Gasteiger charge is -2.09. The molecule has 7 nitrogen and oxygen atoms in total. The SMILES string of the molecule is CCS(=O)(=O)c1nn(-c2nc3cc(C(C)(F)F)cnc3n2C)c2ccc(C(F)(F)F)cc12. The Morgan fingerprint density at radius 3 is 2.34 bits per heavy atom. The van der Waals surface area contributed by atoms with Crippen LogP contribution in [-0.2, 0) is 29.0 Å². The predicted molar refractivity (Wildman–Crippen MR) is 105 cm³/mol. The second-order valence-electron chi connectivity index (χ2n) is 7.28. The van der Waals surface area contributed by atoms with Gasteiger partial charge < -0.3 is 0 Å². The van der Waals surface area contributed by atoms with Crippen molar-refractivity contribution < 1.29 is 30.4 Å². The highest BCUT2D eigenvalue weighted by atomic mass is 32.2. The van der Waals surface area contributed by atoms with Gasteiger partial charge in [-0.15, -0.1) is 0 Å². The second-order valence-corrected chi connectivity index (χ2v) is 9.47. The van der Waals surface area contributed by atoms with Crippen LogP contribution in [0, 0.1) is 0 Å². The normalized spacial score (nSPS) is 13.4. The number of rotatable bonds is 4. The molecule has 4 rings (SSSR count). The Morgan fingerprint density at radius 2 is 1.75 bits per heavy atom. The molecule has 170 valence electrons. The van der Waals surface area contributed by atoms with Crippen LogP contribution >= 0.6 is 0 Å². The van der Waals surface area contributed by atoms with E-state index in [0.29, 0.717) is 6.92 Å². The van der Waals surface area contributed by atoms with Crippen molar-refractivity contribution in [1.82, 2.24) is 24.3 Å². The van der Waals surface area contributed by atoms with Crippen LogP contribution in [0.2, 0.25) is 0 Å². The fourth-order valence-corrected chi connectivity index (χ4v) is 4.26. The van der Waals surface area contributed by atoms with Crippen LogP contribution in [0.5, 0.6) is 0 Å². The summed E-state index contributed by atoms with van der Waals surface area (Å²) in [6, 6.07) is 3.76. The number of hydrogen-bond acceptors (Lipinski definition) is 5. The summed E-state index contributed by atoms with van der Waals surface area (Å²) in [5.74, 6) is -3.53. The Kier molecular flexibility index (Phi) is 4.81. The standard InChI is InChI=1S/C19H16F5N5O2S/c1-4-32(30,31)16-12-7-10(19(22,23)24)5-6-14(12)29(27-16)17-26-13-8-11(18(2,20)21)9-25-15(13)28(17)3/h5-9H,4H2,1-3H3. The number of halogens is 5. The van der Waals surface area contributed by atoms with Crippen LogP contribution in [0.15, 0.2) is 35.5 Å². The average Bonchev–Trinajstić information content (AvgIpc) is 3.24. The summed E-state index contributed by atoms with van der Waals surface area (Å²) < 4.78 is 94.6. The van der Waals surface area contributed by atoms with Crippen molar-refractivity contribution in [3.8, 4) is 5.95 Å². The molecule has 0 N–H and O–H groups in total. The maximum atomic E-state index is 13.7. The molecule has 0 saturated carbocycles. The molecule has 0 aliphatic carbocycles. The third-order valence-electron chi connectivity index (χ3n) is 5.03. The van der Waals surface area contributed by atoms with Crippen molar-refractivity contribution in [3.63, 3.8) is 0 Å². The number of fused-ring (bicyclic) bond motifs is 2. The fourth-order valence-electron chi connectivity index (χ4n) is 3.28. The maximum Gasteiger partial charge on any atom is 0.416 e. The van der Waals surface area contributed by atoms with Crippen molar-refractivity contribution in [2.45, 2.75) is 31.0 Å². The Hall–Kier alpha value is -3.09. The van der Waals surface area contributed by atoms with Crippen molar-refractivity contribution in [2.75, 3.05) is 5.75 Å². The minimum absolute atomic E-state index is 0.00591. The van der Waals surface area contributed by atoms with Gasteiger partial charge in [0.05, 0.1) is 16.8 Å². The topological polar surface area (TPSA) is 82.7 Å². The molecule has 0 spiro atoms. The first kappa shape index (κ1) is 22.1. The molecular formula is C19H16F5N5O2S. The highest BCUT2D eigenvalue weighted by molar-refractivity contribution is 7.91. The summed E-state index contributed by atoms with van der Waals surface area (Å²) in [5.41, 5.74) is -1.03. The minimum atomic E-state index is -4.69. The molecule has 0 aliphatic rings. The maximum absolute atomic E-state index is 13.7. The molecule has 3 heterocycles. The van der Waals surface area contributed by atoms with E-state index in [1.807, 2.05) is 0 Å². The molecule has 0 bridgehead atoms. The Morgan fingerprint density at radius 1 is 1.06 bits per heavy atom. The molecule has 0 saturated heterocycles. The number of pyridine rings is 1. The summed E-state index contributed by atoms with van der Waals surface area (Å²) in [6.45, 7) is 2.06. The van der Waals surface area contributed by atoms with Gasteiger partial charge in [-0.3, -0.25) is 4.57 Å². The summed E-state index contributed by atoms with van der Waals surface area (Å²) >= 11 is 0. The molecule has 0 fully saturated rings. The number of sulfone groups is 1. The van der Waals surface area contributed by atoms with Gasteiger partial charge in [0.15, 0.2) is 20.5 Å². The number of aromatic nitrogens is 5. The first-order valence-corrected chi connectivity index (χ1v) is 10.9. The average molecular weight is 473 g/mol. The van der Waals surface area contributed by atoms with E-state index < -0.39 is 32.5 Å². The largest absolute Gasteiger partial charge is 0.416 e. The Bertz CT molecular complexity index is 1470. The van der Waals surface area contributed by atoms with Crippen LogP contribution in [-0.4, -0.2) is 38.5 Å². The van der Waals surface area contributed by atoms with Gasteiger partial charge in [0.25, 0.3) is 5.92 Å². The zero-order chi connectivity index (χ0) is 23.6. The van der Waals surface area contributed by atoms with Crippen LogP contribution in [0.25, 0.3) is 28.0 Å². The van der Waals surface area contributed by atoms with E-state index in [1.165, 1.54) is 18.5 Å². The second kappa shape index (κ2) is 6.95. The molecule has 0 radical (unpaired) electrons. The highest BCUT2D eigenvalue weighted by Gasteiger charge is 2.33. The summed E-state index contributed by atoms with van der Waals surface area (Å²) in [6.07, 6.45) is -3.69. The van der Waals surface area contributed by atoms with Gasteiger partial charge in [-0.1, -0.05) is 6.92 Å². The van der Waals surface area contributed by atoms with Crippen LogP contribution < -0.4 is 0 Å². The molecule has 0 amide bonds. The minimum Gasteiger partial charge on any atom is -0.296 e. The molecule has 13 heteroatoms. The van der Waals surface area contributed by atoms with Crippen LogP contribution in [0.4, 0.5) is 22.0 Å². The summed E-state index contributed by atoms with van der Waals surface area (Å²) in [5, 5.41) is 3.31. The zero-order valence-corrected chi connectivity index (χ0v) is 17.8. The van der Waals surface area contributed by atoms with Crippen molar-refractivity contribution in [3.05, 3.63) is 41.6 Å². The number of aryl methyl sites for hydroxylation is 1. The molecule has 0 atom stereocenters. The number of hydrogen-bond donors (Lipinski definition) is 0. The third-order valence-corrected chi connectivity index (χ3v) is 6.68. The molecule has 32 heavy (non-hydrogen) atoms. The quantitative estimate of drug-likeness (QED) is 0.415. The Balaban J connectivity index is 2.03. The molecule has 0 unspecified atom stereocenters. The molecular weight excluding hydrogens is 457 g/mol. The summed E-state index contributed by atoms with van der Waals surface area (Å²) in [7, 11) is -2.49. The van der Waals surface area contributed by atoms with E-state index in [1.54, 1.807) is 0 Å². The Labute approximate surface area is 178 Å². The number of benzene rings is 1. The zero-order valence-electron chi connectivity index (χ0n) is 16.9. The number of alkyl halides is 5. The molecule has 3 aromatic heterocycles. The number of nitrogens with zero attached hydrogens (tertiary/aromatic N) is 5. The lowest BCUT2D eigenvalue weighted by atomic mass is 10.1. The van der Waals surface area contributed by atoms with Gasteiger partial charge in [-0.2, -0.15) is 23.0 Å². The smallest absolute Gasteiger partial charge is 0.296 e. The van der Waals surface area contributed by atoms with E-state index in [2.05, 4.69) is 15.1 Å². The predicted octanol–water partition coefficient (Wildman–Crippen LogP) is 4.23. The third kappa shape index (κ3) is 3.49. The fraction of sp³-hybridized carbons (Fsp3) is 0.316. The lowest BCUT2D eigenvalue weighted by molar-refractivity contribution is -0.137. The van der Waals surface area contributed by atoms with Gasteiger partial charge in [-0.25, -0.2) is 27.2 Å². The number of imidazole rings is 1. The van der Waals surface area contributed by atoms with E-state index in [9.17, 15) is 30.4 Å². The first-order chi connectivity index (χ1) is 14.7. The van der Waals surface area contributed by atoms with Crippen LogP contribution in [0.3, 0.4) is 0 Å². The lowest BCUT2D eigenvalue weighted by Crippen LogP contribution is -2.09. The van der Waals surface area contributed by atoms with E-state index in [-0.39, 0.29) is 39.3 Å².